The molecule has 0 fully saturated rings. The fourth-order valence-electron chi connectivity index (χ4n) is 2.08. The van der Waals surface area contributed by atoms with Crippen LogP contribution in [0.1, 0.15) is 17.0 Å². The van der Waals surface area contributed by atoms with Crippen LogP contribution in [0.5, 0.6) is 5.75 Å². The summed E-state index contributed by atoms with van der Waals surface area (Å²) in [6.45, 7) is 2.19. The molecule has 0 atom stereocenters. The molecule has 1 N–H and O–H groups in total. The Balaban J connectivity index is 1.65. The summed E-state index contributed by atoms with van der Waals surface area (Å²) in [7, 11) is 0. The van der Waals surface area contributed by atoms with Crippen LogP contribution in [0.15, 0.2) is 47.6 Å². The molecule has 0 amide bonds. The molecular weight excluding hydrogens is 379 g/mol. The van der Waals surface area contributed by atoms with E-state index in [0.29, 0.717) is 27.2 Å². The molecule has 3 aromatic rings. The smallest absolute Gasteiger partial charge is 0.216 e. The number of H-pyrrole nitrogens is 1. The molecule has 2 aromatic carbocycles. The Morgan fingerprint density at radius 3 is 2.64 bits per heavy atom. The van der Waals surface area contributed by atoms with Crippen molar-refractivity contribution in [1.82, 2.24) is 14.9 Å². The Bertz CT molecular complexity index is 964. The van der Waals surface area contributed by atoms with Crippen LogP contribution in [-0.2, 0) is 6.61 Å². The maximum Gasteiger partial charge on any atom is 0.216 e. The first-order valence-electron chi connectivity index (χ1n) is 7.38. The van der Waals surface area contributed by atoms with Gasteiger partial charge in [-0.05, 0) is 61.1 Å². The van der Waals surface area contributed by atoms with Gasteiger partial charge in [0.2, 0.25) is 4.77 Å². The minimum atomic E-state index is 0.368. The van der Waals surface area contributed by atoms with Gasteiger partial charge in [0.25, 0.3) is 0 Å². The summed E-state index contributed by atoms with van der Waals surface area (Å²) in [6, 6.07) is 12.9. The molecule has 0 saturated carbocycles. The molecule has 0 saturated heterocycles. The van der Waals surface area contributed by atoms with Gasteiger partial charge >= 0.3 is 0 Å². The van der Waals surface area contributed by atoms with Gasteiger partial charge in [-0.15, -0.1) is 0 Å². The molecule has 0 aliphatic carbocycles. The number of aryl methyl sites for hydroxylation is 1. The summed E-state index contributed by atoms with van der Waals surface area (Å²) in [4.78, 5) is 0. The first-order chi connectivity index (χ1) is 12.0. The van der Waals surface area contributed by atoms with Crippen LogP contribution in [0.4, 0.5) is 0 Å². The number of hydrogen-bond acceptors (Lipinski definition) is 4. The van der Waals surface area contributed by atoms with Crippen molar-refractivity contribution in [2.75, 3.05) is 0 Å². The highest BCUT2D eigenvalue weighted by molar-refractivity contribution is 7.71. The first-order valence-corrected chi connectivity index (χ1v) is 8.54. The van der Waals surface area contributed by atoms with Crippen molar-refractivity contribution in [3.63, 3.8) is 0 Å². The quantitative estimate of drug-likeness (QED) is 0.489. The van der Waals surface area contributed by atoms with Crippen molar-refractivity contribution in [2.45, 2.75) is 13.5 Å². The fourth-order valence-corrected chi connectivity index (χ4v) is 2.77. The van der Waals surface area contributed by atoms with Gasteiger partial charge in [-0.2, -0.15) is 14.9 Å². The predicted molar refractivity (Wildman–Crippen MR) is 102 cm³/mol. The molecule has 25 heavy (non-hydrogen) atoms. The highest BCUT2D eigenvalue weighted by atomic mass is 35.5. The van der Waals surface area contributed by atoms with E-state index in [1.54, 1.807) is 23.0 Å². The molecule has 1 aromatic heterocycles. The lowest BCUT2D eigenvalue weighted by Crippen LogP contribution is -1.97. The van der Waals surface area contributed by atoms with Crippen molar-refractivity contribution >= 4 is 41.6 Å². The van der Waals surface area contributed by atoms with Gasteiger partial charge in [-0.3, -0.25) is 5.10 Å². The first kappa shape index (κ1) is 17.7. The Morgan fingerprint density at radius 2 is 2.00 bits per heavy atom. The highest BCUT2D eigenvalue weighted by Gasteiger charge is 2.03. The number of aromatic amines is 1. The summed E-state index contributed by atoms with van der Waals surface area (Å²) in [5.41, 5.74) is 1.79. The number of halogens is 2. The maximum atomic E-state index is 6.14. The predicted octanol–water partition coefficient (Wildman–Crippen LogP) is 5.02. The van der Waals surface area contributed by atoms with Crippen LogP contribution in [0.3, 0.4) is 0 Å². The molecular formula is C17H14Cl2N4OS. The van der Waals surface area contributed by atoms with Gasteiger partial charge in [-0.1, -0.05) is 29.3 Å². The van der Waals surface area contributed by atoms with E-state index in [-0.39, 0.29) is 0 Å². The van der Waals surface area contributed by atoms with Crippen molar-refractivity contribution in [2.24, 2.45) is 5.10 Å². The standard InChI is InChI=1S/C17H14Cl2N4OS/c1-11-21-22-17(25)23(11)20-9-12-2-6-15(7-3-12)24-10-13-4-5-14(18)8-16(13)19/h2-9H,10H2,1H3,(H,22,25)/b20-9+. The van der Waals surface area contributed by atoms with Crippen LogP contribution in [0.25, 0.3) is 0 Å². The van der Waals surface area contributed by atoms with Crippen LogP contribution in [-0.4, -0.2) is 21.1 Å². The van der Waals surface area contributed by atoms with Gasteiger partial charge < -0.3 is 4.74 Å². The zero-order chi connectivity index (χ0) is 17.8. The summed E-state index contributed by atoms with van der Waals surface area (Å²) in [5.74, 6) is 1.43. The summed E-state index contributed by atoms with van der Waals surface area (Å²) in [6.07, 6.45) is 1.71. The molecule has 128 valence electrons. The van der Waals surface area contributed by atoms with Crippen LogP contribution in [0.2, 0.25) is 10.0 Å². The van der Waals surface area contributed by atoms with E-state index < -0.39 is 0 Å². The van der Waals surface area contributed by atoms with Crippen molar-refractivity contribution in [1.29, 1.82) is 0 Å². The van der Waals surface area contributed by atoms with E-state index in [9.17, 15) is 0 Å². The normalized spacial score (nSPS) is 11.2. The lowest BCUT2D eigenvalue weighted by molar-refractivity contribution is 0.306. The number of hydrogen-bond donors (Lipinski definition) is 1. The molecule has 0 unspecified atom stereocenters. The average molecular weight is 393 g/mol. The minimum absolute atomic E-state index is 0.368. The zero-order valence-corrected chi connectivity index (χ0v) is 15.6. The molecule has 0 radical (unpaired) electrons. The third-order valence-corrected chi connectivity index (χ3v) is 4.28. The van der Waals surface area contributed by atoms with Crippen molar-refractivity contribution in [3.8, 4) is 5.75 Å². The third-order valence-electron chi connectivity index (χ3n) is 3.42. The Kier molecular flexibility index (Phi) is 5.53. The Morgan fingerprint density at radius 1 is 1.24 bits per heavy atom. The largest absolute Gasteiger partial charge is 0.489 e. The Labute approximate surface area is 159 Å². The van der Waals surface area contributed by atoms with E-state index in [0.717, 1.165) is 16.9 Å². The van der Waals surface area contributed by atoms with Crippen LogP contribution >= 0.6 is 35.4 Å². The van der Waals surface area contributed by atoms with Gasteiger partial charge in [0.1, 0.15) is 18.2 Å². The second kappa shape index (κ2) is 7.82. The van der Waals surface area contributed by atoms with Gasteiger partial charge in [0.15, 0.2) is 0 Å². The molecule has 0 aliphatic heterocycles. The maximum absolute atomic E-state index is 6.14. The summed E-state index contributed by atoms with van der Waals surface area (Å²) >= 11 is 17.1. The van der Waals surface area contributed by atoms with Crippen LogP contribution in [0, 0.1) is 11.7 Å². The number of ether oxygens (including phenoxy) is 1. The fraction of sp³-hybridized carbons (Fsp3) is 0.118. The number of benzene rings is 2. The van der Waals surface area contributed by atoms with E-state index in [1.807, 2.05) is 37.3 Å². The molecule has 0 bridgehead atoms. The number of nitrogens with zero attached hydrogens (tertiary/aromatic N) is 3. The molecule has 8 heteroatoms. The summed E-state index contributed by atoms with van der Waals surface area (Å²) < 4.78 is 7.76. The number of rotatable bonds is 5. The average Bonchev–Trinajstić information content (AvgIpc) is 2.91. The minimum Gasteiger partial charge on any atom is -0.489 e. The second-order valence-corrected chi connectivity index (χ2v) is 6.46. The van der Waals surface area contributed by atoms with Crippen molar-refractivity contribution in [3.05, 3.63) is 74.2 Å². The lowest BCUT2D eigenvalue weighted by Gasteiger charge is -2.08. The lowest BCUT2D eigenvalue weighted by atomic mass is 10.2. The SMILES string of the molecule is Cc1n[nH]c(=S)n1/N=C/c1ccc(OCc2ccc(Cl)cc2Cl)cc1. The Hall–Kier alpha value is -2.15. The van der Waals surface area contributed by atoms with Gasteiger partial charge in [0.05, 0.1) is 6.21 Å². The second-order valence-electron chi connectivity index (χ2n) is 5.23. The third kappa shape index (κ3) is 4.48. The topological polar surface area (TPSA) is 55.2 Å². The van der Waals surface area contributed by atoms with E-state index >= 15 is 0 Å². The van der Waals surface area contributed by atoms with Crippen LogP contribution < -0.4 is 4.74 Å². The van der Waals surface area contributed by atoms with E-state index in [1.165, 1.54) is 0 Å². The number of aromatic nitrogens is 3. The molecule has 1 heterocycles. The molecule has 3 rings (SSSR count). The number of nitrogens with one attached hydrogen (secondary N) is 1. The van der Waals surface area contributed by atoms with E-state index in [2.05, 4.69) is 15.3 Å². The zero-order valence-electron chi connectivity index (χ0n) is 13.2. The summed E-state index contributed by atoms with van der Waals surface area (Å²) in [5, 5.41) is 12.2. The molecule has 5 nitrogen and oxygen atoms in total. The monoisotopic (exact) mass is 392 g/mol. The van der Waals surface area contributed by atoms with Gasteiger partial charge in [-0.25, -0.2) is 0 Å². The highest BCUT2D eigenvalue weighted by Crippen LogP contribution is 2.22. The van der Waals surface area contributed by atoms with Crippen molar-refractivity contribution < 1.29 is 4.74 Å². The van der Waals surface area contributed by atoms with Gasteiger partial charge in [0, 0.05) is 15.6 Å². The molecule has 0 aliphatic rings. The van der Waals surface area contributed by atoms with E-state index in [4.69, 9.17) is 40.2 Å². The molecule has 0 spiro atoms.